The summed E-state index contributed by atoms with van der Waals surface area (Å²) in [7, 11) is 0. The minimum atomic E-state index is -1.36. The van der Waals surface area contributed by atoms with E-state index < -0.39 is 48.0 Å². The molecule has 66 heavy (non-hydrogen) atoms. The molecule has 0 radical (unpaired) electrons. The third-order valence-electron chi connectivity index (χ3n) is 11.1. The highest BCUT2D eigenvalue weighted by molar-refractivity contribution is 14.1. The van der Waals surface area contributed by atoms with E-state index in [0.29, 0.717) is 90.9 Å². The highest BCUT2D eigenvalue weighted by atomic mass is 127. The molecule has 1 aromatic carbocycles. The van der Waals surface area contributed by atoms with Crippen LogP contribution in [0.2, 0.25) is 0 Å². The number of carbonyl (C=O) groups is 9. The van der Waals surface area contributed by atoms with E-state index in [9.17, 15) is 68.7 Å². The quantitative estimate of drug-likeness (QED) is 0.0429. The van der Waals surface area contributed by atoms with Gasteiger partial charge in [0.1, 0.15) is 23.7 Å². The molecule has 0 spiro atoms. The van der Waals surface area contributed by atoms with Gasteiger partial charge in [0, 0.05) is 88.3 Å². The van der Waals surface area contributed by atoms with Crippen molar-refractivity contribution in [1.29, 1.82) is 0 Å². The number of carboxylic acids is 5. The van der Waals surface area contributed by atoms with Crippen LogP contribution in [0.1, 0.15) is 89.5 Å². The summed E-state index contributed by atoms with van der Waals surface area (Å²) in [4.78, 5) is 117. The molecule has 7 N–H and O–H groups in total. The number of benzene rings is 1. The monoisotopic (exact) mass is 1050 g/mol. The number of amides is 3. The number of rotatable bonds is 30. The van der Waals surface area contributed by atoms with Crippen LogP contribution in [0.4, 0.5) is 4.79 Å². The van der Waals surface area contributed by atoms with Crippen LogP contribution in [0.25, 0.3) is 0 Å². The van der Waals surface area contributed by atoms with Gasteiger partial charge in [0.15, 0.2) is 0 Å². The average Bonchev–Trinajstić information content (AvgIpc) is 3.23. The molecule has 1 saturated heterocycles. The van der Waals surface area contributed by atoms with Crippen LogP contribution in [0.3, 0.4) is 0 Å². The van der Waals surface area contributed by atoms with Gasteiger partial charge in [-0.3, -0.25) is 43.6 Å². The number of urea groups is 1. The molecule has 2 atom stereocenters. The van der Waals surface area contributed by atoms with Crippen molar-refractivity contribution in [3.05, 3.63) is 33.4 Å². The van der Waals surface area contributed by atoms with Gasteiger partial charge in [-0.05, 0) is 85.7 Å². The smallest absolute Gasteiger partial charge is 0.326 e. The molecule has 22 heteroatoms. The van der Waals surface area contributed by atoms with Gasteiger partial charge in [0.25, 0.3) is 0 Å². The molecule has 0 unspecified atom stereocenters. The van der Waals surface area contributed by atoms with Crippen LogP contribution in [-0.2, 0) is 44.9 Å². The number of hydrogen-bond acceptors (Lipinski definition) is 13. The van der Waals surface area contributed by atoms with Gasteiger partial charge < -0.3 is 45.9 Å². The first kappa shape index (κ1) is 57.3. The lowest BCUT2D eigenvalue weighted by molar-refractivity contribution is -0.140. The highest BCUT2D eigenvalue weighted by Gasteiger charge is 2.25. The molecule has 1 heterocycles. The molecular formula is C44H68IN7O14. The maximum Gasteiger partial charge on any atom is 0.326 e. The second-order valence-corrected chi connectivity index (χ2v) is 17.9. The SMILES string of the molecule is CC(=O)CC[C@H](NC(=O)N[C@@H](CCCCN(Cc1ccc(I)cc1)C(=O)CCCCCCCC(=O)CN1CCN(CC(=O)O)CCN(CC(=O)O)CCN(CC(=O)O)CC1)C(=O)O)C(=O)O. The lowest BCUT2D eigenvalue weighted by Crippen LogP contribution is -2.51. The molecule has 370 valence electrons. The minimum absolute atomic E-state index is 0.00686. The number of nitrogens with one attached hydrogen (secondary N) is 2. The summed E-state index contributed by atoms with van der Waals surface area (Å²) >= 11 is 2.20. The Hall–Kier alpha value is -4.78. The summed E-state index contributed by atoms with van der Waals surface area (Å²) in [5, 5.41) is 51.9. The Morgan fingerprint density at radius 2 is 0.985 bits per heavy atom. The summed E-state index contributed by atoms with van der Waals surface area (Å²) in [6, 6.07) is 4.12. The standard InChI is InChI=1S/C44H68IN7O14/c1-32(53)12-17-37(43(64)65)47-44(66)46-36(42(62)63)10-7-8-18-52(27-33-13-15-34(45)16-14-33)38(55)11-6-4-2-3-5-9-35(54)28-48-19-21-49(29-39(56)57)23-25-51(31-41(60)61)26-24-50(22-20-48)30-40(58)59/h13-16,36-37H,2-12,17-31H2,1H3,(H,56,57)(H,58,59)(H,60,61)(H,62,63)(H,64,65)(H2,46,47,66)/t36-,37-/m0/s1. The first-order valence-corrected chi connectivity index (χ1v) is 23.5. The van der Waals surface area contributed by atoms with Crippen molar-refractivity contribution in [1.82, 2.24) is 35.1 Å². The molecule has 1 fully saturated rings. The Morgan fingerprint density at radius 3 is 1.42 bits per heavy atom. The number of carbonyl (C=O) groups excluding carboxylic acids is 4. The van der Waals surface area contributed by atoms with Crippen molar-refractivity contribution in [2.24, 2.45) is 0 Å². The minimum Gasteiger partial charge on any atom is -0.480 e. The van der Waals surface area contributed by atoms with E-state index in [4.69, 9.17) is 0 Å². The normalized spacial score (nSPS) is 15.6. The molecule has 0 aliphatic carbocycles. The predicted molar refractivity (Wildman–Crippen MR) is 249 cm³/mol. The number of hydrogen-bond donors (Lipinski definition) is 7. The van der Waals surface area contributed by atoms with Crippen LogP contribution in [-0.4, -0.2) is 201 Å². The molecule has 0 aromatic heterocycles. The first-order valence-electron chi connectivity index (χ1n) is 22.4. The summed E-state index contributed by atoms with van der Waals surface area (Å²) in [6.07, 6.45) is 4.84. The summed E-state index contributed by atoms with van der Waals surface area (Å²) in [5.41, 5.74) is 0.931. The topological polar surface area (TPSA) is 295 Å². The number of unbranched alkanes of at least 4 members (excludes halogenated alkanes) is 5. The van der Waals surface area contributed by atoms with E-state index in [2.05, 4.69) is 33.2 Å². The van der Waals surface area contributed by atoms with Crippen molar-refractivity contribution in [3.8, 4) is 0 Å². The van der Waals surface area contributed by atoms with Crippen LogP contribution < -0.4 is 10.6 Å². The van der Waals surface area contributed by atoms with Gasteiger partial charge in [0.2, 0.25) is 5.91 Å². The van der Waals surface area contributed by atoms with Crippen LogP contribution in [0.15, 0.2) is 24.3 Å². The van der Waals surface area contributed by atoms with Gasteiger partial charge in [-0.25, -0.2) is 14.4 Å². The van der Waals surface area contributed by atoms with E-state index in [0.717, 1.165) is 28.4 Å². The number of carboxylic acid groups (broad SMARTS) is 5. The molecule has 21 nitrogen and oxygen atoms in total. The van der Waals surface area contributed by atoms with Crippen LogP contribution in [0.5, 0.6) is 0 Å². The van der Waals surface area contributed by atoms with Crippen molar-refractivity contribution < 1.29 is 68.7 Å². The maximum atomic E-state index is 13.5. The van der Waals surface area contributed by atoms with E-state index >= 15 is 0 Å². The van der Waals surface area contributed by atoms with E-state index in [1.807, 2.05) is 29.2 Å². The van der Waals surface area contributed by atoms with Gasteiger partial charge >= 0.3 is 35.9 Å². The van der Waals surface area contributed by atoms with Crippen molar-refractivity contribution in [2.75, 3.05) is 85.1 Å². The lowest BCUT2D eigenvalue weighted by atomic mass is 10.1. The highest BCUT2D eigenvalue weighted by Crippen LogP contribution is 2.15. The third-order valence-corrected chi connectivity index (χ3v) is 11.8. The van der Waals surface area contributed by atoms with Crippen LogP contribution >= 0.6 is 22.6 Å². The number of ketones is 2. The Kier molecular flexibility index (Phi) is 27.8. The van der Waals surface area contributed by atoms with E-state index in [1.165, 1.54) is 6.92 Å². The van der Waals surface area contributed by atoms with Crippen molar-refractivity contribution in [3.63, 3.8) is 0 Å². The Balaban J connectivity index is 1.88. The molecular weight excluding hydrogens is 977 g/mol. The first-order chi connectivity index (χ1) is 31.3. The second-order valence-electron chi connectivity index (χ2n) is 16.7. The van der Waals surface area contributed by atoms with Gasteiger partial charge in [-0.2, -0.15) is 0 Å². The zero-order chi connectivity index (χ0) is 49.0. The van der Waals surface area contributed by atoms with Gasteiger partial charge in [-0.1, -0.05) is 31.4 Å². The van der Waals surface area contributed by atoms with E-state index in [1.54, 1.807) is 19.6 Å². The molecule has 2 rings (SSSR count). The molecule has 1 aliphatic rings. The summed E-state index contributed by atoms with van der Waals surface area (Å²) in [6.45, 7) is 3.91. The summed E-state index contributed by atoms with van der Waals surface area (Å²) in [5.74, 6) is -6.03. The molecule has 3 amide bonds. The predicted octanol–water partition coefficient (Wildman–Crippen LogP) is 2.14. The Bertz CT molecular complexity index is 1720. The van der Waals surface area contributed by atoms with Crippen molar-refractivity contribution >= 4 is 75.9 Å². The Morgan fingerprint density at radius 1 is 0.561 bits per heavy atom. The van der Waals surface area contributed by atoms with E-state index in [-0.39, 0.29) is 76.0 Å². The lowest BCUT2D eigenvalue weighted by Gasteiger charge is -2.32. The number of halogens is 1. The Labute approximate surface area is 399 Å². The second kappa shape index (κ2) is 32.0. The number of nitrogens with zero attached hydrogens (tertiary/aromatic N) is 5. The fraction of sp³-hybridized carbons (Fsp3) is 0.659. The largest absolute Gasteiger partial charge is 0.480 e. The zero-order valence-corrected chi connectivity index (χ0v) is 40.0. The number of Topliss-reactive ketones (excluding diaryl/α,β-unsaturated/α-hetero) is 2. The molecule has 1 aromatic rings. The molecule has 0 bridgehead atoms. The average molecular weight is 1050 g/mol. The van der Waals surface area contributed by atoms with Gasteiger partial charge in [0.05, 0.1) is 26.2 Å². The fourth-order valence-corrected chi connectivity index (χ4v) is 7.73. The number of aliphatic carboxylic acids is 5. The van der Waals surface area contributed by atoms with Crippen molar-refractivity contribution in [2.45, 2.75) is 103 Å². The zero-order valence-electron chi connectivity index (χ0n) is 37.9. The fourth-order valence-electron chi connectivity index (χ4n) is 7.37. The molecule has 1 aliphatic heterocycles. The maximum absolute atomic E-state index is 13.5. The van der Waals surface area contributed by atoms with Crippen LogP contribution in [0, 0.1) is 3.57 Å². The molecule has 0 saturated carbocycles. The third kappa shape index (κ3) is 26.4. The summed E-state index contributed by atoms with van der Waals surface area (Å²) < 4.78 is 1.04. The van der Waals surface area contributed by atoms with Gasteiger partial charge in [-0.15, -0.1) is 0 Å².